The Bertz CT molecular complexity index is 655. The van der Waals surface area contributed by atoms with Gasteiger partial charge in [-0.05, 0) is 38.0 Å². The first-order valence-corrected chi connectivity index (χ1v) is 9.70. The normalized spacial score (nSPS) is 17.5. The van der Waals surface area contributed by atoms with Crippen LogP contribution < -0.4 is 5.32 Å². The van der Waals surface area contributed by atoms with E-state index >= 15 is 0 Å². The molecule has 0 bridgehead atoms. The molecule has 4 nitrogen and oxygen atoms in total. The zero-order valence-corrected chi connectivity index (χ0v) is 16.3. The van der Waals surface area contributed by atoms with Gasteiger partial charge in [-0.1, -0.05) is 53.6 Å². The largest absolute Gasteiger partial charge is 0.325 e. The first-order valence-electron chi connectivity index (χ1n) is 7.65. The topological polar surface area (TPSA) is 49.4 Å². The van der Waals surface area contributed by atoms with E-state index in [9.17, 15) is 9.59 Å². The fourth-order valence-corrected chi connectivity index (χ4v) is 4.10. The molecule has 2 amide bonds. The maximum absolute atomic E-state index is 11.9. The molecule has 1 aliphatic rings. The molecule has 0 aromatic heterocycles. The van der Waals surface area contributed by atoms with Crippen LogP contribution in [-0.4, -0.2) is 32.8 Å². The Kier molecular flexibility index (Phi) is 7.34. The number of hydrogen-bond acceptors (Lipinski definition) is 4. The first-order chi connectivity index (χ1) is 11.4. The van der Waals surface area contributed by atoms with Crippen LogP contribution in [0.5, 0.6) is 0 Å². The molecule has 8 heteroatoms. The van der Waals surface area contributed by atoms with Gasteiger partial charge >= 0.3 is 0 Å². The van der Waals surface area contributed by atoms with E-state index in [1.165, 1.54) is 11.8 Å². The number of carbonyl (C=O) groups is 2. The number of anilines is 1. The minimum Gasteiger partial charge on any atom is -0.325 e. The summed E-state index contributed by atoms with van der Waals surface area (Å²) in [5.41, 5.74) is 0.521. The van der Waals surface area contributed by atoms with Crippen molar-refractivity contribution in [3.8, 4) is 0 Å². The molecule has 1 aromatic carbocycles. The zero-order valence-electron chi connectivity index (χ0n) is 13.2. The molecule has 1 aliphatic heterocycles. The van der Waals surface area contributed by atoms with E-state index in [2.05, 4.69) is 5.32 Å². The molecule has 1 aromatic rings. The minimum absolute atomic E-state index is 0.0780. The summed E-state index contributed by atoms with van der Waals surface area (Å²) in [6.07, 6.45) is 2.81. The number of hydrogen-bond donors (Lipinski definition) is 1. The van der Waals surface area contributed by atoms with Gasteiger partial charge in [-0.15, -0.1) is 0 Å². The Labute approximate surface area is 161 Å². The Hall–Kier alpha value is -0.820. The Balaban J connectivity index is 1.67. The van der Waals surface area contributed by atoms with Crippen LogP contribution in [0.1, 0.15) is 32.6 Å². The highest BCUT2D eigenvalue weighted by molar-refractivity contribution is 8.24. The number of nitrogens with one attached hydrogen (secondary N) is 1. The predicted octanol–water partition coefficient (Wildman–Crippen LogP) is 4.74. The molecule has 0 aliphatic carbocycles. The third kappa shape index (κ3) is 5.34. The summed E-state index contributed by atoms with van der Waals surface area (Å²) >= 11 is 18.5. The van der Waals surface area contributed by atoms with E-state index in [1.807, 2.05) is 6.92 Å². The van der Waals surface area contributed by atoms with Gasteiger partial charge < -0.3 is 5.32 Å². The van der Waals surface area contributed by atoms with Crippen LogP contribution in [0.25, 0.3) is 0 Å². The number of thioether (sulfide) groups is 1. The van der Waals surface area contributed by atoms with Gasteiger partial charge in [0.1, 0.15) is 4.32 Å². The second-order valence-electron chi connectivity index (χ2n) is 5.50. The summed E-state index contributed by atoms with van der Waals surface area (Å²) in [6, 6.07) is 4.94. The predicted molar refractivity (Wildman–Crippen MR) is 105 cm³/mol. The van der Waals surface area contributed by atoms with E-state index < -0.39 is 0 Å². The van der Waals surface area contributed by atoms with Crippen LogP contribution in [0.15, 0.2) is 18.2 Å². The molecule has 1 N–H and O–H groups in total. The molecule has 130 valence electrons. The van der Waals surface area contributed by atoms with Gasteiger partial charge in [0.05, 0.1) is 16.0 Å². The lowest BCUT2D eigenvalue weighted by Crippen LogP contribution is -2.31. The van der Waals surface area contributed by atoms with Crippen molar-refractivity contribution in [3.05, 3.63) is 28.2 Å². The van der Waals surface area contributed by atoms with Crippen molar-refractivity contribution in [1.29, 1.82) is 0 Å². The molecule has 1 unspecified atom stereocenters. The van der Waals surface area contributed by atoms with Gasteiger partial charge in [-0.3, -0.25) is 14.5 Å². The summed E-state index contributed by atoms with van der Waals surface area (Å²) in [5.74, 6) is -0.0190. The number of thiocarbonyl (C=S) groups is 1. The van der Waals surface area contributed by atoms with Gasteiger partial charge in [0.2, 0.25) is 11.8 Å². The number of halogens is 2. The Morgan fingerprint density at radius 3 is 2.75 bits per heavy atom. The summed E-state index contributed by atoms with van der Waals surface area (Å²) in [6.45, 7) is 2.49. The Morgan fingerprint density at radius 1 is 1.33 bits per heavy atom. The van der Waals surface area contributed by atoms with Gasteiger partial charge in [0, 0.05) is 18.0 Å². The molecule has 1 atom stereocenters. The minimum atomic E-state index is -0.101. The van der Waals surface area contributed by atoms with Crippen molar-refractivity contribution in [1.82, 2.24) is 4.90 Å². The highest BCUT2D eigenvalue weighted by Gasteiger charge is 2.32. The second kappa shape index (κ2) is 9.04. The zero-order chi connectivity index (χ0) is 17.7. The van der Waals surface area contributed by atoms with Gasteiger partial charge in [0.15, 0.2) is 0 Å². The molecule has 1 heterocycles. The average molecular weight is 405 g/mol. The fraction of sp³-hybridized carbons (Fsp3) is 0.438. The van der Waals surface area contributed by atoms with Gasteiger partial charge in [0.25, 0.3) is 0 Å². The van der Waals surface area contributed by atoms with E-state index in [0.29, 0.717) is 33.0 Å². The highest BCUT2D eigenvalue weighted by Crippen LogP contribution is 2.27. The van der Waals surface area contributed by atoms with E-state index in [4.69, 9.17) is 35.4 Å². The molecule has 0 saturated carbocycles. The molecule has 2 rings (SSSR count). The lowest BCUT2D eigenvalue weighted by Gasteiger charge is -2.14. The average Bonchev–Trinajstić information content (AvgIpc) is 2.76. The first kappa shape index (κ1) is 19.5. The molecule has 1 saturated heterocycles. The van der Waals surface area contributed by atoms with Gasteiger partial charge in [-0.2, -0.15) is 0 Å². The second-order valence-corrected chi connectivity index (χ2v) is 8.32. The van der Waals surface area contributed by atoms with E-state index in [1.54, 1.807) is 23.1 Å². The molecule has 1 fully saturated rings. The lowest BCUT2D eigenvalue weighted by atomic mass is 10.1. The van der Waals surface area contributed by atoms with Crippen LogP contribution in [-0.2, 0) is 9.59 Å². The van der Waals surface area contributed by atoms with Crippen molar-refractivity contribution >= 4 is 69.0 Å². The molecule has 0 radical (unpaired) electrons. The van der Waals surface area contributed by atoms with Crippen LogP contribution >= 0.6 is 47.2 Å². The summed E-state index contributed by atoms with van der Waals surface area (Å²) in [4.78, 5) is 25.5. The standard InChI is InChI=1S/C16H18Cl2N2O2S2/c1-10-15(22)20(16(23)24-10)8-4-2-3-5-14(21)19-13-9-11(17)6-7-12(13)18/h6-7,9-10H,2-5,8H2,1H3,(H,19,21). The van der Waals surface area contributed by atoms with Crippen molar-refractivity contribution in [2.24, 2.45) is 0 Å². The molecule has 0 spiro atoms. The van der Waals surface area contributed by atoms with E-state index in [0.717, 1.165) is 19.3 Å². The maximum atomic E-state index is 11.9. The molecular formula is C16H18Cl2N2O2S2. The monoisotopic (exact) mass is 404 g/mol. The van der Waals surface area contributed by atoms with Crippen LogP contribution in [0.2, 0.25) is 10.0 Å². The van der Waals surface area contributed by atoms with Crippen LogP contribution in [0, 0.1) is 0 Å². The maximum Gasteiger partial charge on any atom is 0.241 e. The quantitative estimate of drug-likeness (QED) is 0.526. The van der Waals surface area contributed by atoms with Crippen molar-refractivity contribution in [3.63, 3.8) is 0 Å². The highest BCUT2D eigenvalue weighted by atomic mass is 35.5. The van der Waals surface area contributed by atoms with Gasteiger partial charge in [-0.25, -0.2) is 0 Å². The summed E-state index contributed by atoms with van der Waals surface area (Å²) in [5, 5.41) is 3.66. The van der Waals surface area contributed by atoms with Crippen LogP contribution in [0.4, 0.5) is 5.69 Å². The number of amides is 2. The molecule has 24 heavy (non-hydrogen) atoms. The Morgan fingerprint density at radius 2 is 2.08 bits per heavy atom. The third-order valence-corrected chi connectivity index (χ3v) is 5.65. The fourth-order valence-electron chi connectivity index (χ4n) is 2.31. The summed E-state index contributed by atoms with van der Waals surface area (Å²) in [7, 11) is 0. The summed E-state index contributed by atoms with van der Waals surface area (Å²) < 4.78 is 0.654. The van der Waals surface area contributed by atoms with Crippen LogP contribution in [0.3, 0.4) is 0 Å². The number of rotatable bonds is 7. The lowest BCUT2D eigenvalue weighted by molar-refractivity contribution is -0.125. The number of unbranched alkanes of at least 4 members (excludes halogenated alkanes) is 2. The number of carbonyl (C=O) groups excluding carboxylic acids is 2. The van der Waals surface area contributed by atoms with Crippen molar-refractivity contribution in [2.75, 3.05) is 11.9 Å². The smallest absolute Gasteiger partial charge is 0.241 e. The van der Waals surface area contributed by atoms with E-state index in [-0.39, 0.29) is 17.1 Å². The number of benzene rings is 1. The number of nitrogens with zero attached hydrogens (tertiary/aromatic N) is 1. The van der Waals surface area contributed by atoms with Crippen molar-refractivity contribution in [2.45, 2.75) is 37.9 Å². The third-order valence-electron chi connectivity index (χ3n) is 3.60. The SMILES string of the molecule is CC1SC(=S)N(CCCCCC(=O)Nc2cc(Cl)ccc2Cl)C1=O. The van der Waals surface area contributed by atoms with Crippen molar-refractivity contribution < 1.29 is 9.59 Å². The molecular weight excluding hydrogens is 387 g/mol.